The van der Waals surface area contributed by atoms with Crippen LogP contribution in [0.5, 0.6) is 11.5 Å². The molecule has 1 atom stereocenters. The number of alkyl halides is 3. The Morgan fingerprint density at radius 2 is 1.83 bits per heavy atom. The van der Waals surface area contributed by atoms with Gasteiger partial charge in [-0.25, -0.2) is 4.79 Å². The number of halogens is 3. The first-order valence-corrected chi connectivity index (χ1v) is 11.2. The Morgan fingerprint density at radius 1 is 1.08 bits per heavy atom. The number of aromatic nitrogens is 1. The van der Waals surface area contributed by atoms with Crippen LogP contribution in [0.3, 0.4) is 0 Å². The molecule has 0 saturated carbocycles. The first-order chi connectivity index (χ1) is 17.1. The lowest BCUT2D eigenvalue weighted by Gasteiger charge is -2.27. The molecule has 0 aliphatic carbocycles. The van der Waals surface area contributed by atoms with Gasteiger partial charge in [-0.2, -0.15) is 13.2 Å². The van der Waals surface area contributed by atoms with Crippen molar-refractivity contribution in [1.82, 2.24) is 4.57 Å². The van der Waals surface area contributed by atoms with E-state index in [9.17, 15) is 22.8 Å². The molecular weight excluding hydrogens is 475 g/mol. The van der Waals surface area contributed by atoms with Gasteiger partial charge in [-0.1, -0.05) is 24.3 Å². The quantitative estimate of drug-likeness (QED) is 0.247. The van der Waals surface area contributed by atoms with Gasteiger partial charge in [0.15, 0.2) is 24.2 Å². The summed E-state index contributed by atoms with van der Waals surface area (Å²) in [5, 5.41) is 0. The molecule has 9 heteroatoms. The highest BCUT2D eigenvalue weighted by Crippen LogP contribution is 2.32. The lowest BCUT2D eigenvalue weighted by atomic mass is 10.1. The van der Waals surface area contributed by atoms with E-state index in [1.165, 1.54) is 18.2 Å². The van der Waals surface area contributed by atoms with Gasteiger partial charge in [0.05, 0.1) is 12.1 Å². The van der Waals surface area contributed by atoms with E-state index >= 15 is 0 Å². The van der Waals surface area contributed by atoms with Crippen molar-refractivity contribution in [2.75, 3.05) is 13.2 Å². The number of para-hydroxylation sites is 2. The summed E-state index contributed by atoms with van der Waals surface area (Å²) in [5.74, 6) is 0.134. The van der Waals surface area contributed by atoms with Crippen molar-refractivity contribution >= 4 is 17.8 Å². The van der Waals surface area contributed by atoms with Gasteiger partial charge in [0.25, 0.3) is 0 Å². The lowest BCUT2D eigenvalue weighted by Crippen LogP contribution is -2.33. The summed E-state index contributed by atoms with van der Waals surface area (Å²) in [5.41, 5.74) is 1.33. The highest BCUT2D eigenvalue weighted by molar-refractivity contribution is 6.00. The maximum atomic E-state index is 12.8. The molecular formula is C27H24F3NO5. The molecule has 4 rings (SSSR count). The Morgan fingerprint density at radius 3 is 2.58 bits per heavy atom. The fourth-order valence-electron chi connectivity index (χ4n) is 3.97. The number of hydrogen-bond donors (Lipinski definition) is 0. The second-order valence-electron chi connectivity index (χ2n) is 8.38. The summed E-state index contributed by atoms with van der Waals surface area (Å²) in [7, 11) is 0. The molecule has 0 radical (unpaired) electrons. The number of esters is 1. The van der Waals surface area contributed by atoms with Crippen LogP contribution >= 0.6 is 0 Å². The molecule has 6 nitrogen and oxygen atoms in total. The van der Waals surface area contributed by atoms with Crippen LogP contribution in [-0.4, -0.2) is 35.6 Å². The Kier molecular flexibility index (Phi) is 7.19. The van der Waals surface area contributed by atoms with Crippen LogP contribution in [0, 0.1) is 13.8 Å². The van der Waals surface area contributed by atoms with E-state index in [0.717, 1.165) is 23.9 Å². The fraction of sp³-hybridized carbons (Fsp3) is 0.259. The van der Waals surface area contributed by atoms with Crippen molar-refractivity contribution in [3.63, 3.8) is 0 Å². The molecule has 0 saturated heterocycles. The third kappa shape index (κ3) is 5.79. The average Bonchev–Trinajstić information content (AvgIpc) is 3.14. The van der Waals surface area contributed by atoms with Gasteiger partial charge in [0, 0.05) is 23.0 Å². The minimum absolute atomic E-state index is 0.188. The van der Waals surface area contributed by atoms with Crippen LogP contribution in [0.4, 0.5) is 13.2 Å². The van der Waals surface area contributed by atoms with Crippen LogP contribution in [0.2, 0.25) is 0 Å². The molecule has 0 N–H and O–H groups in total. The fourth-order valence-corrected chi connectivity index (χ4v) is 3.97. The summed E-state index contributed by atoms with van der Waals surface area (Å²) >= 11 is 0. The molecule has 188 valence electrons. The molecule has 0 fully saturated rings. The molecule has 1 unspecified atom stereocenters. The molecule has 0 spiro atoms. The van der Waals surface area contributed by atoms with Crippen molar-refractivity contribution in [3.05, 3.63) is 88.8 Å². The minimum atomic E-state index is -4.48. The zero-order valence-corrected chi connectivity index (χ0v) is 19.7. The van der Waals surface area contributed by atoms with Crippen molar-refractivity contribution in [1.29, 1.82) is 0 Å². The third-order valence-corrected chi connectivity index (χ3v) is 5.80. The van der Waals surface area contributed by atoms with Crippen molar-refractivity contribution < 1.29 is 37.0 Å². The number of Topliss-reactive ketones (excluding diaryl/α,β-unsaturated/α-hetero) is 1. The average molecular weight is 499 g/mol. The molecule has 2 heterocycles. The van der Waals surface area contributed by atoms with Gasteiger partial charge in [0.2, 0.25) is 5.78 Å². The number of carbonyl (C=O) groups excluding carboxylic acids is 2. The number of nitrogens with zero attached hydrogens (tertiary/aromatic N) is 1. The number of rotatable bonds is 7. The van der Waals surface area contributed by atoms with Crippen molar-refractivity contribution in [3.8, 4) is 11.5 Å². The highest BCUT2D eigenvalue weighted by atomic mass is 19.4. The van der Waals surface area contributed by atoms with Gasteiger partial charge in [-0.15, -0.1) is 0 Å². The van der Waals surface area contributed by atoms with Crippen molar-refractivity contribution in [2.24, 2.45) is 0 Å². The number of carbonyl (C=O) groups is 2. The monoisotopic (exact) mass is 499 g/mol. The predicted octanol–water partition coefficient (Wildman–Crippen LogP) is 5.40. The Labute approximate surface area is 205 Å². The van der Waals surface area contributed by atoms with Gasteiger partial charge in [-0.3, -0.25) is 4.79 Å². The highest BCUT2D eigenvalue weighted by Gasteiger charge is 2.30. The van der Waals surface area contributed by atoms with E-state index in [2.05, 4.69) is 0 Å². The molecule has 3 aromatic rings. The molecule has 0 amide bonds. The minimum Gasteiger partial charge on any atom is -0.486 e. The van der Waals surface area contributed by atoms with Gasteiger partial charge >= 0.3 is 12.1 Å². The first kappa shape index (κ1) is 25.1. The zero-order valence-electron chi connectivity index (χ0n) is 19.7. The summed E-state index contributed by atoms with van der Waals surface area (Å²) in [6.45, 7) is 4.01. The summed E-state index contributed by atoms with van der Waals surface area (Å²) in [4.78, 5) is 24.8. The van der Waals surface area contributed by atoms with E-state index in [0.29, 0.717) is 35.9 Å². The lowest BCUT2D eigenvalue weighted by molar-refractivity contribution is -0.138. The zero-order chi connectivity index (χ0) is 25.9. The summed E-state index contributed by atoms with van der Waals surface area (Å²) in [6.07, 6.45) is -2.53. The number of fused-ring (bicyclic) bond motifs is 1. The topological polar surface area (TPSA) is 66.8 Å². The molecule has 1 aromatic heterocycles. The van der Waals surface area contributed by atoms with E-state index < -0.39 is 24.3 Å². The molecule has 0 bridgehead atoms. The number of hydrogen-bond acceptors (Lipinski definition) is 5. The number of ether oxygens (including phenoxy) is 3. The maximum absolute atomic E-state index is 12.8. The third-order valence-electron chi connectivity index (χ3n) is 5.80. The molecule has 1 aliphatic heterocycles. The number of ketones is 1. The SMILES string of the molecule is Cc1cc(C(=O)COC(=O)C=Cc2cccc(C(F)(F)F)c2)c(C)n1CC1COc2ccccc2O1. The molecule has 1 aliphatic rings. The largest absolute Gasteiger partial charge is 0.486 e. The molecule has 36 heavy (non-hydrogen) atoms. The Bertz CT molecular complexity index is 1310. The van der Waals surface area contributed by atoms with Crippen molar-refractivity contribution in [2.45, 2.75) is 32.7 Å². The first-order valence-electron chi connectivity index (χ1n) is 11.2. The smallest absolute Gasteiger partial charge is 0.416 e. The van der Waals surface area contributed by atoms with Gasteiger partial charge < -0.3 is 18.8 Å². The Hall–Kier alpha value is -4.01. The standard InChI is InChI=1S/C27H24F3NO5/c1-17-12-22(18(2)31(17)14-21-15-34-24-8-3-4-9-25(24)36-21)23(32)16-35-26(33)11-10-19-6-5-7-20(13-19)27(28,29)30/h3-13,21H,14-16H2,1-2H3. The van der Waals surface area contributed by atoms with Crippen LogP contribution in [-0.2, 0) is 22.3 Å². The van der Waals surface area contributed by atoms with E-state index in [-0.39, 0.29) is 17.5 Å². The number of aryl methyl sites for hydroxylation is 1. The van der Waals surface area contributed by atoms with E-state index in [1.54, 1.807) is 13.0 Å². The predicted molar refractivity (Wildman–Crippen MR) is 126 cm³/mol. The molecule has 2 aromatic carbocycles. The maximum Gasteiger partial charge on any atom is 0.416 e. The Balaban J connectivity index is 1.35. The van der Waals surface area contributed by atoms with E-state index in [1.807, 2.05) is 35.8 Å². The van der Waals surface area contributed by atoms with E-state index in [4.69, 9.17) is 14.2 Å². The van der Waals surface area contributed by atoms with Gasteiger partial charge in [-0.05, 0) is 55.8 Å². The van der Waals surface area contributed by atoms with Crippen LogP contribution in [0.15, 0.2) is 60.7 Å². The number of benzene rings is 2. The normalized spacial score (nSPS) is 15.2. The van der Waals surface area contributed by atoms with Crippen LogP contribution in [0.1, 0.15) is 32.9 Å². The van der Waals surface area contributed by atoms with Crippen LogP contribution < -0.4 is 9.47 Å². The van der Waals surface area contributed by atoms with Crippen LogP contribution in [0.25, 0.3) is 6.08 Å². The summed E-state index contributed by atoms with van der Waals surface area (Å²) < 4.78 is 57.2. The van der Waals surface area contributed by atoms with Gasteiger partial charge in [0.1, 0.15) is 6.61 Å². The second kappa shape index (κ2) is 10.3. The second-order valence-corrected chi connectivity index (χ2v) is 8.38. The summed E-state index contributed by atoms with van der Waals surface area (Å²) in [6, 6.07) is 13.7.